The van der Waals surface area contributed by atoms with Gasteiger partial charge in [-0.05, 0) is 25.3 Å². The van der Waals surface area contributed by atoms with Crippen LogP contribution in [-0.2, 0) is 16.0 Å². The van der Waals surface area contributed by atoms with Crippen LogP contribution in [0.3, 0.4) is 0 Å². The normalized spacial score (nSPS) is 21.6. The first kappa shape index (κ1) is 15.5. The van der Waals surface area contributed by atoms with Gasteiger partial charge in [-0.1, -0.05) is 44.2 Å². The zero-order chi connectivity index (χ0) is 15.6. The second kappa shape index (κ2) is 5.88. The Morgan fingerprint density at radius 2 is 1.81 bits per heavy atom. The summed E-state index contributed by atoms with van der Waals surface area (Å²) in [5.74, 6) is 0.261. The Hall–Kier alpha value is -1.84. The molecule has 1 aliphatic rings. The van der Waals surface area contributed by atoms with E-state index in [4.69, 9.17) is 0 Å². The van der Waals surface area contributed by atoms with Gasteiger partial charge in [-0.2, -0.15) is 0 Å². The zero-order valence-electron chi connectivity index (χ0n) is 13.2. The second-order valence-electron chi connectivity index (χ2n) is 6.62. The van der Waals surface area contributed by atoms with Gasteiger partial charge < -0.3 is 10.2 Å². The summed E-state index contributed by atoms with van der Waals surface area (Å²) in [5, 5.41) is 2.88. The molecule has 1 heterocycles. The highest BCUT2D eigenvalue weighted by molar-refractivity contribution is 5.99. The van der Waals surface area contributed by atoms with E-state index in [1.165, 1.54) is 0 Å². The highest BCUT2D eigenvalue weighted by Crippen LogP contribution is 2.23. The van der Waals surface area contributed by atoms with Gasteiger partial charge in [0.25, 0.3) is 0 Å². The van der Waals surface area contributed by atoms with Crippen molar-refractivity contribution in [2.24, 2.45) is 5.92 Å². The summed E-state index contributed by atoms with van der Waals surface area (Å²) in [6.45, 7) is 8.33. The topological polar surface area (TPSA) is 49.4 Å². The summed E-state index contributed by atoms with van der Waals surface area (Å²) in [6.07, 6.45) is 0.538. The lowest BCUT2D eigenvalue weighted by Crippen LogP contribution is -2.69. The third kappa shape index (κ3) is 3.26. The van der Waals surface area contributed by atoms with E-state index in [2.05, 4.69) is 19.2 Å². The maximum Gasteiger partial charge on any atom is 0.246 e. The van der Waals surface area contributed by atoms with Crippen molar-refractivity contribution in [3.63, 3.8) is 0 Å². The molecule has 2 rings (SSSR count). The number of rotatable bonds is 4. The monoisotopic (exact) mass is 288 g/mol. The zero-order valence-corrected chi connectivity index (χ0v) is 13.2. The number of hydrogen-bond donors (Lipinski definition) is 1. The maximum atomic E-state index is 12.7. The Bertz CT molecular complexity index is 523. The molecule has 0 spiro atoms. The van der Waals surface area contributed by atoms with Gasteiger partial charge in [0.1, 0.15) is 11.6 Å². The van der Waals surface area contributed by atoms with Gasteiger partial charge in [0.2, 0.25) is 11.8 Å². The van der Waals surface area contributed by atoms with Gasteiger partial charge in [0.05, 0.1) is 0 Å². The van der Waals surface area contributed by atoms with Gasteiger partial charge in [-0.25, -0.2) is 0 Å². The molecule has 4 nitrogen and oxygen atoms in total. The first-order valence-corrected chi connectivity index (χ1v) is 7.48. The van der Waals surface area contributed by atoms with Gasteiger partial charge in [0, 0.05) is 13.0 Å². The maximum absolute atomic E-state index is 12.7. The molecular weight excluding hydrogens is 264 g/mol. The van der Waals surface area contributed by atoms with Crippen LogP contribution < -0.4 is 5.32 Å². The van der Waals surface area contributed by atoms with Gasteiger partial charge in [-0.3, -0.25) is 9.59 Å². The number of carbonyl (C=O) groups excluding carboxylic acids is 2. The first-order valence-electron chi connectivity index (χ1n) is 7.48. The Morgan fingerprint density at radius 1 is 1.19 bits per heavy atom. The number of nitrogens with zero attached hydrogens (tertiary/aromatic N) is 1. The van der Waals surface area contributed by atoms with Crippen LogP contribution in [0.25, 0.3) is 0 Å². The van der Waals surface area contributed by atoms with Crippen LogP contribution in [-0.4, -0.2) is 34.8 Å². The van der Waals surface area contributed by atoms with E-state index in [-0.39, 0.29) is 11.8 Å². The highest BCUT2D eigenvalue weighted by Gasteiger charge is 2.46. The van der Waals surface area contributed by atoms with Gasteiger partial charge in [0.15, 0.2) is 0 Å². The van der Waals surface area contributed by atoms with Crippen molar-refractivity contribution in [3.8, 4) is 0 Å². The molecule has 114 valence electrons. The second-order valence-corrected chi connectivity index (χ2v) is 6.62. The lowest BCUT2D eigenvalue weighted by molar-refractivity contribution is -0.155. The van der Waals surface area contributed by atoms with Crippen molar-refractivity contribution >= 4 is 11.8 Å². The molecule has 1 fully saturated rings. The van der Waals surface area contributed by atoms with Gasteiger partial charge >= 0.3 is 0 Å². The molecule has 2 amide bonds. The van der Waals surface area contributed by atoms with Crippen molar-refractivity contribution in [1.29, 1.82) is 0 Å². The summed E-state index contributed by atoms with van der Waals surface area (Å²) in [7, 11) is 0. The molecule has 1 aliphatic heterocycles. The summed E-state index contributed by atoms with van der Waals surface area (Å²) < 4.78 is 0. The van der Waals surface area contributed by atoms with Crippen molar-refractivity contribution in [3.05, 3.63) is 35.9 Å². The molecular formula is C17H24N2O2. The van der Waals surface area contributed by atoms with Crippen molar-refractivity contribution in [2.45, 2.75) is 45.7 Å². The molecule has 1 N–H and O–H groups in total. The number of benzene rings is 1. The Labute approximate surface area is 126 Å². The Balaban J connectivity index is 2.21. The number of piperazine rings is 1. The molecule has 1 aromatic rings. The third-order valence-electron chi connectivity index (χ3n) is 3.93. The van der Waals surface area contributed by atoms with Crippen molar-refractivity contribution in [1.82, 2.24) is 10.2 Å². The van der Waals surface area contributed by atoms with Crippen molar-refractivity contribution < 1.29 is 9.59 Å². The molecule has 0 saturated carbocycles. The quantitative estimate of drug-likeness (QED) is 0.921. The smallest absolute Gasteiger partial charge is 0.246 e. The predicted molar refractivity (Wildman–Crippen MR) is 82.7 cm³/mol. The van der Waals surface area contributed by atoms with E-state index < -0.39 is 11.6 Å². The van der Waals surface area contributed by atoms with Crippen LogP contribution in [0.15, 0.2) is 30.3 Å². The highest BCUT2D eigenvalue weighted by atomic mass is 16.2. The fraction of sp³-hybridized carbons (Fsp3) is 0.529. The Kier molecular flexibility index (Phi) is 4.35. The van der Waals surface area contributed by atoms with Crippen LogP contribution in [0.4, 0.5) is 0 Å². The van der Waals surface area contributed by atoms with Crippen LogP contribution in [0.2, 0.25) is 0 Å². The standard InChI is InChI=1S/C17H24N2O2/c1-12(2)11-19-15(20)14(18-16(21)17(19,3)4)10-13-8-6-5-7-9-13/h5-9,12,14H,10-11H2,1-4H3,(H,18,21). The summed E-state index contributed by atoms with van der Waals surface area (Å²) >= 11 is 0. The van der Waals surface area contributed by atoms with Crippen molar-refractivity contribution in [2.75, 3.05) is 6.54 Å². The lowest BCUT2D eigenvalue weighted by Gasteiger charge is -2.45. The third-order valence-corrected chi connectivity index (χ3v) is 3.93. The van der Waals surface area contributed by atoms with E-state index in [1.807, 2.05) is 30.3 Å². The number of nitrogens with one attached hydrogen (secondary N) is 1. The number of amides is 2. The van der Waals surface area contributed by atoms with E-state index >= 15 is 0 Å². The molecule has 1 unspecified atom stereocenters. The van der Waals surface area contributed by atoms with Crippen LogP contribution in [0.5, 0.6) is 0 Å². The van der Waals surface area contributed by atoms with E-state index in [9.17, 15) is 9.59 Å². The molecule has 0 aromatic heterocycles. The number of carbonyl (C=O) groups is 2. The predicted octanol–water partition coefficient (Wildman–Crippen LogP) is 1.99. The van der Waals surface area contributed by atoms with E-state index in [0.29, 0.717) is 18.9 Å². The molecule has 1 aromatic carbocycles. The minimum atomic E-state index is -0.783. The molecule has 21 heavy (non-hydrogen) atoms. The molecule has 4 heteroatoms. The van der Waals surface area contributed by atoms with E-state index in [1.54, 1.807) is 18.7 Å². The average molecular weight is 288 g/mol. The Morgan fingerprint density at radius 3 is 2.38 bits per heavy atom. The molecule has 0 radical (unpaired) electrons. The van der Waals surface area contributed by atoms with Crippen LogP contribution in [0, 0.1) is 5.92 Å². The van der Waals surface area contributed by atoms with E-state index in [0.717, 1.165) is 5.56 Å². The minimum Gasteiger partial charge on any atom is -0.342 e. The fourth-order valence-electron chi connectivity index (χ4n) is 2.65. The molecule has 0 bridgehead atoms. The molecule has 1 atom stereocenters. The largest absolute Gasteiger partial charge is 0.342 e. The number of hydrogen-bond acceptors (Lipinski definition) is 2. The summed E-state index contributed by atoms with van der Waals surface area (Å²) in [5.41, 5.74) is 0.273. The van der Waals surface area contributed by atoms with Crippen LogP contribution >= 0.6 is 0 Å². The average Bonchev–Trinajstić information content (AvgIpc) is 2.42. The summed E-state index contributed by atoms with van der Waals surface area (Å²) in [4.78, 5) is 26.8. The lowest BCUT2D eigenvalue weighted by atomic mass is 9.92. The van der Waals surface area contributed by atoms with Gasteiger partial charge in [-0.15, -0.1) is 0 Å². The molecule has 0 aliphatic carbocycles. The SMILES string of the molecule is CC(C)CN1C(=O)C(Cc2ccccc2)NC(=O)C1(C)C. The fourth-order valence-corrected chi connectivity index (χ4v) is 2.65. The molecule has 1 saturated heterocycles. The van der Waals surface area contributed by atoms with Crippen LogP contribution in [0.1, 0.15) is 33.3 Å². The first-order chi connectivity index (χ1) is 9.82. The summed E-state index contributed by atoms with van der Waals surface area (Å²) in [6, 6.07) is 9.32. The minimum absolute atomic E-state index is 0.0113.